The molecule has 2 N–H and O–H groups in total. The Balaban J connectivity index is 2.02. The quantitative estimate of drug-likeness (QED) is 0.861. The van der Waals surface area contributed by atoms with Crippen molar-refractivity contribution in [3.05, 3.63) is 35.7 Å². The number of carbonyl (C=O) groups excluding carboxylic acids is 1. The van der Waals surface area contributed by atoms with Crippen molar-refractivity contribution >= 4 is 5.91 Å². The minimum absolute atomic E-state index is 0.0992. The van der Waals surface area contributed by atoms with Crippen LogP contribution in [0.3, 0.4) is 0 Å². The number of imidazole rings is 1. The minimum atomic E-state index is -0.0992. The summed E-state index contributed by atoms with van der Waals surface area (Å²) >= 11 is 0. The first kappa shape index (κ1) is 11.8. The number of rotatable bonds is 2. The summed E-state index contributed by atoms with van der Waals surface area (Å²) in [6, 6.07) is 7.63. The van der Waals surface area contributed by atoms with Crippen LogP contribution in [0.25, 0.3) is 11.4 Å². The number of ether oxygens (including phenoxy) is 1. The first-order chi connectivity index (χ1) is 9.28. The fourth-order valence-corrected chi connectivity index (χ4v) is 2.24. The van der Waals surface area contributed by atoms with E-state index in [-0.39, 0.29) is 5.91 Å². The van der Waals surface area contributed by atoms with Crippen molar-refractivity contribution in [1.29, 1.82) is 0 Å². The van der Waals surface area contributed by atoms with Gasteiger partial charge in [-0.25, -0.2) is 4.98 Å². The highest BCUT2D eigenvalue weighted by molar-refractivity contribution is 5.94. The summed E-state index contributed by atoms with van der Waals surface area (Å²) in [5.74, 6) is 1.38. The summed E-state index contributed by atoms with van der Waals surface area (Å²) in [5, 5.41) is 2.84. The Morgan fingerprint density at radius 3 is 3.11 bits per heavy atom. The van der Waals surface area contributed by atoms with Crippen LogP contribution < -0.4 is 10.1 Å². The van der Waals surface area contributed by atoms with E-state index in [4.69, 9.17) is 4.74 Å². The predicted octanol–water partition coefficient (Wildman–Crippen LogP) is 1.76. The third-order valence-electron chi connectivity index (χ3n) is 3.23. The molecule has 0 atom stereocenters. The van der Waals surface area contributed by atoms with Gasteiger partial charge in [0, 0.05) is 17.8 Å². The van der Waals surface area contributed by atoms with E-state index in [2.05, 4.69) is 15.3 Å². The number of hydrogen-bond donors (Lipinski definition) is 2. The molecule has 1 aliphatic heterocycles. The van der Waals surface area contributed by atoms with Gasteiger partial charge in [-0.05, 0) is 25.0 Å². The topological polar surface area (TPSA) is 67.0 Å². The number of aromatic amines is 1. The van der Waals surface area contributed by atoms with Crippen LogP contribution in [0.4, 0.5) is 0 Å². The van der Waals surface area contributed by atoms with Crippen molar-refractivity contribution < 1.29 is 9.53 Å². The molecule has 98 valence electrons. The molecule has 1 aromatic heterocycles. The number of carbonyl (C=O) groups is 1. The molecule has 0 unspecified atom stereocenters. The van der Waals surface area contributed by atoms with Gasteiger partial charge in [0.25, 0.3) is 5.91 Å². The minimum Gasteiger partial charge on any atom is -0.497 e. The number of H-pyrrole nitrogens is 1. The van der Waals surface area contributed by atoms with Crippen LogP contribution in [0.2, 0.25) is 0 Å². The molecule has 0 saturated heterocycles. The van der Waals surface area contributed by atoms with Gasteiger partial charge in [-0.1, -0.05) is 12.1 Å². The maximum absolute atomic E-state index is 11.9. The van der Waals surface area contributed by atoms with Crippen LogP contribution in [0.15, 0.2) is 24.3 Å². The Morgan fingerprint density at radius 2 is 2.26 bits per heavy atom. The zero-order valence-electron chi connectivity index (χ0n) is 10.7. The highest BCUT2D eigenvalue weighted by atomic mass is 16.5. The predicted molar refractivity (Wildman–Crippen MR) is 71.2 cm³/mol. The van der Waals surface area contributed by atoms with Gasteiger partial charge in [-0.3, -0.25) is 4.79 Å². The molecule has 1 aromatic carbocycles. The van der Waals surface area contributed by atoms with Gasteiger partial charge >= 0.3 is 0 Å². The molecule has 0 aliphatic carbocycles. The van der Waals surface area contributed by atoms with Crippen LogP contribution >= 0.6 is 0 Å². The second kappa shape index (κ2) is 4.76. The van der Waals surface area contributed by atoms with Gasteiger partial charge in [0.15, 0.2) is 0 Å². The van der Waals surface area contributed by atoms with E-state index in [1.165, 1.54) is 0 Å². The summed E-state index contributed by atoms with van der Waals surface area (Å²) in [7, 11) is 1.63. The van der Waals surface area contributed by atoms with Crippen LogP contribution in [0, 0.1) is 0 Å². The normalized spacial score (nSPS) is 14.5. The maximum atomic E-state index is 11.9. The molecule has 0 bridgehead atoms. The lowest BCUT2D eigenvalue weighted by Gasteiger charge is -2.02. The lowest BCUT2D eigenvalue weighted by Crippen LogP contribution is -2.23. The van der Waals surface area contributed by atoms with Crippen molar-refractivity contribution in [3.8, 4) is 17.1 Å². The van der Waals surface area contributed by atoms with E-state index < -0.39 is 0 Å². The average Bonchev–Trinajstić information content (AvgIpc) is 2.80. The van der Waals surface area contributed by atoms with Crippen LogP contribution in [-0.2, 0) is 6.42 Å². The zero-order valence-corrected chi connectivity index (χ0v) is 10.7. The SMILES string of the molecule is COc1cccc(-c2nc3c([nH]2)CCCNC3=O)c1. The lowest BCUT2D eigenvalue weighted by atomic mass is 10.2. The second-order valence-corrected chi connectivity index (χ2v) is 4.50. The number of amides is 1. The van der Waals surface area contributed by atoms with Crippen LogP contribution in [0.5, 0.6) is 5.75 Å². The van der Waals surface area contributed by atoms with E-state index >= 15 is 0 Å². The third-order valence-corrected chi connectivity index (χ3v) is 3.23. The van der Waals surface area contributed by atoms with Crippen molar-refractivity contribution in [2.45, 2.75) is 12.8 Å². The third kappa shape index (κ3) is 2.19. The molecule has 5 nitrogen and oxygen atoms in total. The van der Waals surface area contributed by atoms with E-state index in [1.807, 2.05) is 24.3 Å². The Labute approximate surface area is 111 Å². The zero-order chi connectivity index (χ0) is 13.2. The summed E-state index contributed by atoms with van der Waals surface area (Å²) in [5.41, 5.74) is 2.34. The molecule has 0 saturated carbocycles. The summed E-state index contributed by atoms with van der Waals surface area (Å²) in [6.45, 7) is 0.706. The number of nitrogens with zero attached hydrogens (tertiary/aromatic N) is 1. The van der Waals surface area contributed by atoms with Gasteiger partial charge in [0.2, 0.25) is 0 Å². The first-order valence-electron chi connectivity index (χ1n) is 6.29. The molecule has 0 fully saturated rings. The highest BCUT2D eigenvalue weighted by Gasteiger charge is 2.20. The molecule has 0 spiro atoms. The second-order valence-electron chi connectivity index (χ2n) is 4.50. The van der Waals surface area contributed by atoms with Crippen LogP contribution in [-0.4, -0.2) is 29.5 Å². The molecule has 0 radical (unpaired) electrons. The molecule has 3 rings (SSSR count). The smallest absolute Gasteiger partial charge is 0.271 e. The largest absolute Gasteiger partial charge is 0.497 e. The number of methoxy groups -OCH3 is 1. The van der Waals surface area contributed by atoms with Crippen molar-refractivity contribution in [1.82, 2.24) is 15.3 Å². The van der Waals surface area contributed by atoms with E-state index in [1.54, 1.807) is 7.11 Å². The Kier molecular flexibility index (Phi) is 2.95. The molecule has 19 heavy (non-hydrogen) atoms. The molecule has 1 amide bonds. The number of aromatic nitrogens is 2. The summed E-state index contributed by atoms with van der Waals surface area (Å²) in [6.07, 6.45) is 1.77. The summed E-state index contributed by atoms with van der Waals surface area (Å²) in [4.78, 5) is 19.5. The highest BCUT2D eigenvalue weighted by Crippen LogP contribution is 2.23. The van der Waals surface area contributed by atoms with Gasteiger partial charge < -0.3 is 15.0 Å². The fourth-order valence-electron chi connectivity index (χ4n) is 2.24. The Bertz CT molecular complexity index is 619. The molecular weight excluding hydrogens is 242 g/mol. The van der Waals surface area contributed by atoms with Crippen molar-refractivity contribution in [2.24, 2.45) is 0 Å². The Morgan fingerprint density at radius 1 is 1.37 bits per heavy atom. The number of aryl methyl sites for hydroxylation is 1. The fraction of sp³-hybridized carbons (Fsp3) is 0.286. The number of benzene rings is 1. The van der Waals surface area contributed by atoms with Crippen LogP contribution in [0.1, 0.15) is 22.6 Å². The van der Waals surface area contributed by atoms with Crippen molar-refractivity contribution in [2.75, 3.05) is 13.7 Å². The molecule has 5 heteroatoms. The van der Waals surface area contributed by atoms with E-state index in [0.29, 0.717) is 18.1 Å². The number of hydrogen-bond acceptors (Lipinski definition) is 3. The lowest BCUT2D eigenvalue weighted by molar-refractivity contribution is 0.0951. The molecule has 2 aromatic rings. The molecular formula is C14H15N3O2. The number of nitrogens with one attached hydrogen (secondary N) is 2. The summed E-state index contributed by atoms with van der Waals surface area (Å²) < 4.78 is 5.20. The monoisotopic (exact) mass is 257 g/mol. The van der Waals surface area contributed by atoms with Crippen molar-refractivity contribution in [3.63, 3.8) is 0 Å². The van der Waals surface area contributed by atoms with Gasteiger partial charge in [-0.2, -0.15) is 0 Å². The molecule has 1 aliphatic rings. The van der Waals surface area contributed by atoms with E-state index in [9.17, 15) is 4.79 Å². The average molecular weight is 257 g/mol. The first-order valence-corrected chi connectivity index (χ1v) is 6.29. The van der Waals surface area contributed by atoms with Gasteiger partial charge in [0.1, 0.15) is 17.3 Å². The Hall–Kier alpha value is -2.30. The standard InChI is InChI=1S/C14H15N3O2/c1-19-10-5-2-4-9(8-10)13-16-11-6-3-7-15-14(18)12(11)17-13/h2,4-5,8H,3,6-7H2,1H3,(H,15,18)(H,16,17). The van der Waals surface area contributed by atoms with Gasteiger partial charge in [-0.15, -0.1) is 0 Å². The number of fused-ring (bicyclic) bond motifs is 1. The van der Waals surface area contributed by atoms with Gasteiger partial charge in [0.05, 0.1) is 7.11 Å². The maximum Gasteiger partial charge on any atom is 0.271 e. The van der Waals surface area contributed by atoms with E-state index in [0.717, 1.165) is 29.8 Å². The molecule has 2 heterocycles.